The zero-order valence-corrected chi connectivity index (χ0v) is 18.6. The molecule has 1 aliphatic rings. The Hall–Kier alpha value is -3.22. The number of rotatable bonds is 4. The monoisotopic (exact) mass is 422 g/mol. The van der Waals surface area contributed by atoms with Gasteiger partial charge in [0.2, 0.25) is 0 Å². The lowest BCUT2D eigenvalue weighted by Gasteiger charge is -2.34. The van der Waals surface area contributed by atoms with Crippen molar-refractivity contribution in [3.63, 3.8) is 0 Å². The first-order valence-electron chi connectivity index (χ1n) is 10.8. The number of hydrogen-bond donors (Lipinski definition) is 1. The van der Waals surface area contributed by atoms with E-state index in [-0.39, 0.29) is 11.9 Å². The molecule has 3 heterocycles. The Morgan fingerprint density at radius 2 is 1.74 bits per heavy atom. The molecular formula is C24H30N4O3. The van der Waals surface area contributed by atoms with E-state index in [0.29, 0.717) is 43.4 Å². The van der Waals surface area contributed by atoms with Crippen LogP contribution in [0.15, 0.2) is 40.9 Å². The fourth-order valence-corrected chi connectivity index (χ4v) is 4.16. The van der Waals surface area contributed by atoms with Gasteiger partial charge in [-0.15, -0.1) is 0 Å². The zero-order chi connectivity index (χ0) is 22.1. The number of nitrogens with zero attached hydrogens (tertiary/aromatic N) is 3. The average Bonchev–Trinajstić information content (AvgIpc) is 3.29. The van der Waals surface area contributed by atoms with Crippen molar-refractivity contribution in [2.24, 2.45) is 5.92 Å². The molecule has 31 heavy (non-hydrogen) atoms. The molecule has 0 spiro atoms. The molecular weight excluding hydrogens is 392 g/mol. The Balaban J connectivity index is 1.36. The number of carbonyl (C=O) groups is 2. The summed E-state index contributed by atoms with van der Waals surface area (Å²) in [5, 5.41) is 4.11. The Labute approximate surface area is 182 Å². The van der Waals surface area contributed by atoms with Gasteiger partial charge in [-0.1, -0.05) is 13.8 Å². The van der Waals surface area contributed by atoms with Crippen LogP contribution < -0.4 is 5.32 Å². The minimum absolute atomic E-state index is 0.0363. The highest BCUT2D eigenvalue weighted by Gasteiger charge is 2.27. The highest BCUT2D eigenvalue weighted by molar-refractivity contribution is 5.96. The van der Waals surface area contributed by atoms with Gasteiger partial charge in [0.25, 0.3) is 5.91 Å². The van der Waals surface area contributed by atoms with E-state index in [1.807, 2.05) is 19.1 Å². The molecule has 0 unspecified atom stereocenters. The first kappa shape index (κ1) is 21.0. The molecule has 1 aromatic carbocycles. The number of aromatic nitrogens is 1. The highest BCUT2D eigenvalue weighted by Crippen LogP contribution is 2.22. The van der Waals surface area contributed by atoms with Gasteiger partial charge in [-0.2, -0.15) is 0 Å². The highest BCUT2D eigenvalue weighted by atomic mass is 16.3. The van der Waals surface area contributed by atoms with E-state index >= 15 is 0 Å². The SMILES string of the molecule is Cc1cc(C(=O)N2CCN(C(=O)Nc3ccc4c(ccn4CC(C)C)c3)CC2)c(C)o1. The number of urea groups is 1. The Morgan fingerprint density at radius 3 is 2.39 bits per heavy atom. The van der Waals surface area contributed by atoms with Crippen LogP contribution in [0, 0.1) is 19.8 Å². The minimum atomic E-state index is -0.136. The van der Waals surface area contributed by atoms with Gasteiger partial charge >= 0.3 is 6.03 Å². The van der Waals surface area contributed by atoms with Gasteiger partial charge < -0.3 is 24.1 Å². The van der Waals surface area contributed by atoms with Crippen LogP contribution >= 0.6 is 0 Å². The predicted octanol–water partition coefficient (Wildman–Crippen LogP) is 4.50. The van der Waals surface area contributed by atoms with Crippen LogP contribution in [0.25, 0.3) is 10.9 Å². The molecule has 0 atom stereocenters. The van der Waals surface area contributed by atoms with Gasteiger partial charge in [-0.25, -0.2) is 4.79 Å². The number of fused-ring (bicyclic) bond motifs is 1. The number of furan rings is 1. The molecule has 164 valence electrons. The Kier molecular flexibility index (Phi) is 5.76. The molecule has 3 aromatic rings. The molecule has 7 heteroatoms. The van der Waals surface area contributed by atoms with Gasteiger partial charge in [-0.05, 0) is 50.1 Å². The summed E-state index contributed by atoms with van der Waals surface area (Å²) in [6, 6.07) is 9.73. The first-order chi connectivity index (χ1) is 14.8. The molecule has 1 aliphatic heterocycles. The van der Waals surface area contributed by atoms with Crippen molar-refractivity contribution in [3.05, 3.63) is 53.6 Å². The summed E-state index contributed by atoms with van der Waals surface area (Å²) in [5.41, 5.74) is 2.56. The molecule has 1 fully saturated rings. The van der Waals surface area contributed by atoms with Gasteiger partial charge in [0.1, 0.15) is 11.5 Å². The van der Waals surface area contributed by atoms with E-state index in [1.165, 1.54) is 5.52 Å². The van der Waals surface area contributed by atoms with E-state index in [9.17, 15) is 9.59 Å². The second-order valence-electron chi connectivity index (χ2n) is 8.67. The summed E-state index contributed by atoms with van der Waals surface area (Å²) in [5.74, 6) is 1.91. The number of carbonyl (C=O) groups excluding carboxylic acids is 2. The van der Waals surface area contributed by atoms with Crippen molar-refractivity contribution in [2.75, 3.05) is 31.5 Å². The number of amides is 3. The number of aryl methyl sites for hydroxylation is 2. The van der Waals surface area contributed by atoms with Crippen molar-refractivity contribution < 1.29 is 14.0 Å². The van der Waals surface area contributed by atoms with E-state index < -0.39 is 0 Å². The summed E-state index contributed by atoms with van der Waals surface area (Å²) in [6.45, 7) is 11.0. The Bertz CT molecular complexity index is 1100. The summed E-state index contributed by atoms with van der Waals surface area (Å²) in [4.78, 5) is 29.0. The van der Waals surface area contributed by atoms with Gasteiger partial charge in [0.15, 0.2) is 0 Å². The largest absolute Gasteiger partial charge is 0.466 e. The molecule has 2 aromatic heterocycles. The molecule has 0 radical (unpaired) electrons. The topological polar surface area (TPSA) is 70.7 Å². The van der Waals surface area contributed by atoms with Gasteiger partial charge in [0, 0.05) is 55.5 Å². The Morgan fingerprint density at radius 1 is 1.03 bits per heavy atom. The van der Waals surface area contributed by atoms with Crippen LogP contribution in [-0.4, -0.2) is 52.5 Å². The summed E-state index contributed by atoms with van der Waals surface area (Å²) >= 11 is 0. The first-order valence-corrected chi connectivity index (χ1v) is 10.8. The zero-order valence-electron chi connectivity index (χ0n) is 18.6. The third-order valence-corrected chi connectivity index (χ3v) is 5.71. The quantitative estimate of drug-likeness (QED) is 0.673. The predicted molar refractivity (Wildman–Crippen MR) is 121 cm³/mol. The molecule has 0 saturated carbocycles. The van der Waals surface area contributed by atoms with Crippen molar-refractivity contribution >= 4 is 28.5 Å². The van der Waals surface area contributed by atoms with Crippen LogP contribution in [0.5, 0.6) is 0 Å². The van der Waals surface area contributed by atoms with Crippen LogP contribution in [0.3, 0.4) is 0 Å². The number of benzene rings is 1. The van der Waals surface area contributed by atoms with Crippen molar-refractivity contribution in [2.45, 2.75) is 34.2 Å². The third-order valence-electron chi connectivity index (χ3n) is 5.71. The number of nitrogens with one attached hydrogen (secondary N) is 1. The van der Waals surface area contributed by atoms with Crippen molar-refractivity contribution in [1.82, 2.24) is 14.4 Å². The lowest BCUT2D eigenvalue weighted by molar-refractivity contribution is 0.0670. The van der Waals surface area contributed by atoms with Crippen LogP contribution in [-0.2, 0) is 6.54 Å². The maximum atomic E-state index is 12.7. The summed E-state index contributed by atoms with van der Waals surface area (Å²) < 4.78 is 7.72. The van der Waals surface area contributed by atoms with Crippen molar-refractivity contribution in [1.29, 1.82) is 0 Å². The normalized spacial score (nSPS) is 14.5. The fourth-order valence-electron chi connectivity index (χ4n) is 4.16. The molecule has 1 saturated heterocycles. The molecule has 1 N–H and O–H groups in total. The standard InChI is InChI=1S/C24H30N4O3/c1-16(2)15-28-8-7-19-14-20(5-6-22(19)28)25-24(30)27-11-9-26(10-12-27)23(29)21-13-17(3)31-18(21)4/h5-8,13-14,16H,9-12,15H2,1-4H3,(H,25,30). The number of piperazine rings is 1. The second-order valence-corrected chi connectivity index (χ2v) is 8.67. The fraction of sp³-hybridized carbons (Fsp3) is 0.417. The van der Waals surface area contributed by atoms with E-state index in [4.69, 9.17) is 4.42 Å². The maximum absolute atomic E-state index is 12.7. The second kappa shape index (κ2) is 8.49. The van der Waals surface area contributed by atoms with E-state index in [1.54, 1.807) is 22.8 Å². The van der Waals surface area contributed by atoms with Crippen LogP contribution in [0.1, 0.15) is 35.7 Å². The lowest BCUT2D eigenvalue weighted by atomic mass is 10.2. The average molecular weight is 423 g/mol. The third kappa shape index (κ3) is 4.45. The van der Waals surface area contributed by atoms with E-state index in [2.05, 4.69) is 42.1 Å². The van der Waals surface area contributed by atoms with E-state index in [0.717, 1.165) is 23.4 Å². The lowest BCUT2D eigenvalue weighted by Crippen LogP contribution is -2.51. The minimum Gasteiger partial charge on any atom is -0.466 e. The summed E-state index contributed by atoms with van der Waals surface area (Å²) in [7, 11) is 0. The van der Waals surface area contributed by atoms with Gasteiger partial charge in [0.05, 0.1) is 5.56 Å². The van der Waals surface area contributed by atoms with Gasteiger partial charge in [-0.3, -0.25) is 4.79 Å². The number of anilines is 1. The van der Waals surface area contributed by atoms with Crippen LogP contribution in [0.4, 0.5) is 10.5 Å². The maximum Gasteiger partial charge on any atom is 0.321 e. The molecule has 7 nitrogen and oxygen atoms in total. The molecule has 3 amide bonds. The molecule has 0 bridgehead atoms. The van der Waals surface area contributed by atoms with Crippen molar-refractivity contribution in [3.8, 4) is 0 Å². The molecule has 4 rings (SSSR count). The number of hydrogen-bond acceptors (Lipinski definition) is 3. The molecule has 0 aliphatic carbocycles. The summed E-state index contributed by atoms with van der Waals surface area (Å²) in [6.07, 6.45) is 2.09. The van der Waals surface area contributed by atoms with Crippen LogP contribution in [0.2, 0.25) is 0 Å². The smallest absolute Gasteiger partial charge is 0.321 e.